The van der Waals surface area contributed by atoms with Gasteiger partial charge in [0, 0.05) is 25.7 Å². The number of methoxy groups -OCH3 is 1. The van der Waals surface area contributed by atoms with Crippen molar-refractivity contribution in [3.05, 3.63) is 35.9 Å². The smallest absolute Gasteiger partial charge is 0.118 e. The molecule has 1 saturated heterocycles. The first-order valence-electron chi connectivity index (χ1n) is 8.20. The Kier molecular flexibility index (Phi) is 6.04. The van der Waals surface area contributed by atoms with Gasteiger partial charge in [0.1, 0.15) is 5.75 Å². The van der Waals surface area contributed by atoms with Crippen LogP contribution in [0.25, 0.3) is 6.08 Å². The Morgan fingerprint density at radius 1 is 1.23 bits per heavy atom. The van der Waals surface area contributed by atoms with Crippen LogP contribution in [0.3, 0.4) is 0 Å². The molecule has 3 nitrogen and oxygen atoms in total. The number of hydrogen-bond acceptors (Lipinski definition) is 3. The molecule has 0 aliphatic carbocycles. The van der Waals surface area contributed by atoms with Crippen molar-refractivity contribution in [3.8, 4) is 5.75 Å². The van der Waals surface area contributed by atoms with Gasteiger partial charge in [-0.3, -0.25) is 4.90 Å². The predicted molar refractivity (Wildman–Crippen MR) is 94.3 cm³/mol. The van der Waals surface area contributed by atoms with Crippen LogP contribution in [0.2, 0.25) is 0 Å². The molecule has 0 N–H and O–H groups in total. The van der Waals surface area contributed by atoms with E-state index in [1.165, 1.54) is 18.7 Å². The van der Waals surface area contributed by atoms with Crippen LogP contribution in [0.15, 0.2) is 30.3 Å². The van der Waals surface area contributed by atoms with Gasteiger partial charge in [0.05, 0.1) is 7.11 Å². The minimum absolute atomic E-state index is 0.675. The fourth-order valence-corrected chi connectivity index (χ4v) is 3.30. The first kappa shape index (κ1) is 17.0. The topological polar surface area (TPSA) is 15.7 Å². The number of hydrogen-bond donors (Lipinski definition) is 0. The van der Waals surface area contributed by atoms with Crippen LogP contribution >= 0.6 is 0 Å². The van der Waals surface area contributed by atoms with E-state index in [1.54, 1.807) is 7.11 Å². The van der Waals surface area contributed by atoms with E-state index in [2.05, 4.69) is 62.0 Å². The summed E-state index contributed by atoms with van der Waals surface area (Å²) in [6.07, 6.45) is 4.48. The minimum atomic E-state index is 0.675. The van der Waals surface area contributed by atoms with Gasteiger partial charge < -0.3 is 9.64 Å². The van der Waals surface area contributed by atoms with Crippen molar-refractivity contribution in [1.82, 2.24) is 9.80 Å². The Morgan fingerprint density at radius 2 is 1.91 bits per heavy atom. The molecule has 3 heteroatoms. The first-order chi connectivity index (χ1) is 10.5. The molecule has 0 radical (unpaired) electrons. The lowest BCUT2D eigenvalue weighted by Gasteiger charge is -2.27. The maximum absolute atomic E-state index is 5.19. The van der Waals surface area contributed by atoms with Gasteiger partial charge in [-0.05, 0) is 43.6 Å². The van der Waals surface area contributed by atoms with Gasteiger partial charge in [-0.1, -0.05) is 38.1 Å². The van der Waals surface area contributed by atoms with Crippen molar-refractivity contribution >= 4 is 6.08 Å². The van der Waals surface area contributed by atoms with E-state index in [1.807, 2.05) is 12.1 Å². The summed E-state index contributed by atoms with van der Waals surface area (Å²) in [5.41, 5.74) is 1.23. The van der Waals surface area contributed by atoms with E-state index < -0.39 is 0 Å². The van der Waals surface area contributed by atoms with E-state index in [9.17, 15) is 0 Å². The molecular formula is C19H30N2O. The second kappa shape index (κ2) is 7.80. The van der Waals surface area contributed by atoms with Gasteiger partial charge in [0.15, 0.2) is 0 Å². The molecule has 1 fully saturated rings. The van der Waals surface area contributed by atoms with Crippen molar-refractivity contribution in [1.29, 1.82) is 0 Å². The van der Waals surface area contributed by atoms with Crippen LogP contribution in [-0.2, 0) is 0 Å². The van der Waals surface area contributed by atoms with E-state index in [-0.39, 0.29) is 0 Å². The summed E-state index contributed by atoms with van der Waals surface area (Å²) < 4.78 is 5.19. The summed E-state index contributed by atoms with van der Waals surface area (Å²) >= 11 is 0. The Morgan fingerprint density at radius 3 is 2.41 bits per heavy atom. The quantitative estimate of drug-likeness (QED) is 0.802. The minimum Gasteiger partial charge on any atom is -0.497 e. The molecule has 0 spiro atoms. The van der Waals surface area contributed by atoms with Crippen molar-refractivity contribution in [2.75, 3.05) is 40.8 Å². The molecule has 0 saturated carbocycles. The fourth-order valence-electron chi connectivity index (χ4n) is 3.30. The van der Waals surface area contributed by atoms with Crippen molar-refractivity contribution in [2.45, 2.75) is 19.9 Å². The van der Waals surface area contributed by atoms with E-state index >= 15 is 0 Å². The largest absolute Gasteiger partial charge is 0.497 e. The highest BCUT2D eigenvalue weighted by Crippen LogP contribution is 2.27. The summed E-state index contributed by atoms with van der Waals surface area (Å²) in [7, 11) is 6.11. The van der Waals surface area contributed by atoms with Crippen LogP contribution in [0.4, 0.5) is 0 Å². The molecule has 0 aromatic heterocycles. The Bertz CT molecular complexity index is 463. The number of nitrogens with zero attached hydrogens (tertiary/aromatic N) is 2. The van der Waals surface area contributed by atoms with Crippen LogP contribution in [0, 0.1) is 11.8 Å². The molecule has 22 heavy (non-hydrogen) atoms. The van der Waals surface area contributed by atoms with E-state index in [0.717, 1.165) is 24.1 Å². The zero-order valence-electron chi connectivity index (χ0n) is 14.6. The van der Waals surface area contributed by atoms with Crippen molar-refractivity contribution in [2.24, 2.45) is 11.8 Å². The number of benzene rings is 1. The number of likely N-dealkylation sites (tertiary alicyclic amines) is 1. The Balaban J connectivity index is 1.89. The predicted octanol–water partition coefficient (Wildman–Crippen LogP) is 3.23. The average molecular weight is 302 g/mol. The van der Waals surface area contributed by atoms with Gasteiger partial charge in [-0.15, -0.1) is 0 Å². The van der Waals surface area contributed by atoms with Crippen LogP contribution < -0.4 is 4.74 Å². The van der Waals surface area contributed by atoms with Gasteiger partial charge >= 0.3 is 0 Å². The fraction of sp³-hybridized carbons (Fsp3) is 0.579. The second-order valence-corrected chi connectivity index (χ2v) is 6.83. The van der Waals surface area contributed by atoms with E-state index in [0.29, 0.717) is 6.04 Å². The maximum Gasteiger partial charge on any atom is 0.118 e. The molecule has 1 aliphatic rings. The molecule has 2 rings (SSSR count). The molecule has 1 aromatic rings. The number of ether oxygens (including phenoxy) is 1. The summed E-state index contributed by atoms with van der Waals surface area (Å²) in [6.45, 7) is 8.09. The lowest BCUT2D eigenvalue weighted by atomic mass is 9.91. The molecule has 1 heterocycles. The highest BCUT2D eigenvalue weighted by molar-refractivity contribution is 5.50. The molecule has 0 amide bonds. The standard InChI is InChI=1S/C19H30N2O/c1-15(2)18-13-21(14-19(18)20(3)4)12-6-7-16-8-10-17(22-5)11-9-16/h6-11,15,18-19H,12-14H2,1-5H3/t18-,19+/m0/s1. The zero-order chi connectivity index (χ0) is 16.1. The lowest BCUT2D eigenvalue weighted by Crippen LogP contribution is -2.37. The lowest BCUT2D eigenvalue weighted by molar-refractivity contribution is 0.215. The number of rotatable bonds is 6. The van der Waals surface area contributed by atoms with Gasteiger partial charge in [-0.25, -0.2) is 0 Å². The second-order valence-electron chi connectivity index (χ2n) is 6.83. The summed E-state index contributed by atoms with van der Waals surface area (Å²) in [6, 6.07) is 8.88. The van der Waals surface area contributed by atoms with Crippen molar-refractivity contribution < 1.29 is 4.74 Å². The molecular weight excluding hydrogens is 272 g/mol. The van der Waals surface area contributed by atoms with Gasteiger partial charge in [0.2, 0.25) is 0 Å². The SMILES string of the molecule is COc1ccc(C=CCN2C[C@@H](N(C)C)[C@H](C(C)C)C2)cc1. The molecule has 1 aliphatic heterocycles. The molecule has 122 valence electrons. The molecule has 1 aromatic carbocycles. The first-order valence-corrected chi connectivity index (χ1v) is 8.20. The summed E-state index contributed by atoms with van der Waals surface area (Å²) in [5.74, 6) is 2.41. The third-order valence-corrected chi connectivity index (χ3v) is 4.72. The molecule has 2 atom stereocenters. The normalized spacial score (nSPS) is 23.0. The molecule has 0 bridgehead atoms. The zero-order valence-corrected chi connectivity index (χ0v) is 14.6. The third-order valence-electron chi connectivity index (χ3n) is 4.72. The van der Waals surface area contributed by atoms with Gasteiger partial charge in [-0.2, -0.15) is 0 Å². The van der Waals surface area contributed by atoms with Crippen molar-refractivity contribution in [3.63, 3.8) is 0 Å². The van der Waals surface area contributed by atoms with Crippen LogP contribution in [0.1, 0.15) is 19.4 Å². The van der Waals surface area contributed by atoms with Gasteiger partial charge in [0.25, 0.3) is 0 Å². The van der Waals surface area contributed by atoms with Crippen LogP contribution in [-0.4, -0.2) is 56.7 Å². The Hall–Kier alpha value is -1.32. The maximum atomic E-state index is 5.19. The van der Waals surface area contributed by atoms with E-state index in [4.69, 9.17) is 4.74 Å². The highest BCUT2D eigenvalue weighted by Gasteiger charge is 2.35. The summed E-state index contributed by atoms with van der Waals surface area (Å²) in [4.78, 5) is 4.95. The third kappa shape index (κ3) is 4.34. The highest BCUT2D eigenvalue weighted by atomic mass is 16.5. The Labute approximate surface area is 135 Å². The summed E-state index contributed by atoms with van der Waals surface area (Å²) in [5, 5.41) is 0. The average Bonchev–Trinajstić information content (AvgIpc) is 2.93. The van der Waals surface area contributed by atoms with Crippen LogP contribution in [0.5, 0.6) is 5.75 Å². The number of likely N-dealkylation sites (N-methyl/N-ethyl adjacent to an activating group) is 1. The monoisotopic (exact) mass is 302 g/mol. The molecule has 0 unspecified atom stereocenters.